The molecule has 4 rings (SSSR count). The minimum absolute atomic E-state index is 0.241. The maximum atomic E-state index is 13.0. The van der Waals surface area contributed by atoms with Crippen LogP contribution in [-0.2, 0) is 6.61 Å². The van der Waals surface area contributed by atoms with Crippen molar-refractivity contribution in [2.24, 2.45) is 0 Å². The molecule has 0 saturated heterocycles. The summed E-state index contributed by atoms with van der Waals surface area (Å²) >= 11 is 0. The number of amides is 3. The Morgan fingerprint density at radius 3 is 2.32 bits per heavy atom. The summed E-state index contributed by atoms with van der Waals surface area (Å²) in [5.41, 5.74) is 10.1. The molecule has 1 unspecified atom stereocenters. The van der Waals surface area contributed by atoms with Crippen molar-refractivity contribution in [2.75, 3.05) is 37.0 Å². The van der Waals surface area contributed by atoms with E-state index in [9.17, 15) is 9.59 Å². The Bertz CT molecular complexity index is 1420. The Kier molecular flexibility index (Phi) is 10.3. The molecule has 4 aromatic carbocycles. The zero-order valence-corrected chi connectivity index (χ0v) is 23.5. The second-order valence-corrected chi connectivity index (χ2v) is 10.1. The molecule has 212 valence electrons. The molecule has 5 N–H and O–H groups in total. The molecule has 0 bridgehead atoms. The molecule has 0 aliphatic carbocycles. The standard InChI is InChI=1S/C33H37N5O3/c1-38(2)21-9-16-30(25-17-19-26(20-18-25)32(39)36-31-15-7-6-14-29(31)34)37-33(40)35-27-12-8-13-28(22-27)41-23-24-10-4-3-5-11-24/h3-8,10-15,17-20,22,30H,9,16,21,23,34H2,1-2H3,(H,36,39)(H2,35,37,40). The first-order valence-corrected chi connectivity index (χ1v) is 13.6. The van der Waals surface area contributed by atoms with Gasteiger partial charge in [-0.3, -0.25) is 4.79 Å². The van der Waals surface area contributed by atoms with E-state index in [4.69, 9.17) is 10.5 Å². The molecule has 8 heteroatoms. The molecule has 0 aromatic heterocycles. The van der Waals surface area contributed by atoms with Crippen LogP contribution in [0.25, 0.3) is 0 Å². The van der Waals surface area contributed by atoms with Crippen LogP contribution in [0.3, 0.4) is 0 Å². The molecule has 0 radical (unpaired) electrons. The molecule has 8 nitrogen and oxygen atoms in total. The summed E-state index contributed by atoms with van der Waals surface area (Å²) in [7, 11) is 4.05. The van der Waals surface area contributed by atoms with Gasteiger partial charge in [0.25, 0.3) is 5.91 Å². The quantitative estimate of drug-likeness (QED) is 0.154. The highest BCUT2D eigenvalue weighted by Crippen LogP contribution is 2.23. The number of hydrogen-bond donors (Lipinski definition) is 4. The predicted molar refractivity (Wildman–Crippen MR) is 165 cm³/mol. The number of anilines is 3. The van der Waals surface area contributed by atoms with Crippen LogP contribution in [0.1, 0.15) is 40.4 Å². The number of rotatable bonds is 12. The van der Waals surface area contributed by atoms with E-state index in [1.54, 1.807) is 30.3 Å². The monoisotopic (exact) mass is 551 g/mol. The Morgan fingerprint density at radius 1 is 0.854 bits per heavy atom. The van der Waals surface area contributed by atoms with Gasteiger partial charge in [0.15, 0.2) is 0 Å². The molecule has 0 heterocycles. The Balaban J connectivity index is 1.39. The van der Waals surface area contributed by atoms with Crippen LogP contribution < -0.4 is 26.4 Å². The largest absolute Gasteiger partial charge is 0.489 e. The van der Waals surface area contributed by atoms with Gasteiger partial charge in [-0.2, -0.15) is 0 Å². The van der Waals surface area contributed by atoms with Crippen molar-refractivity contribution < 1.29 is 14.3 Å². The number of benzene rings is 4. The SMILES string of the molecule is CN(C)CCCC(NC(=O)Nc1cccc(OCc2ccccc2)c1)c1ccc(C(=O)Nc2ccccc2N)cc1. The van der Waals surface area contributed by atoms with Gasteiger partial charge in [0, 0.05) is 17.3 Å². The van der Waals surface area contributed by atoms with Crippen LogP contribution in [0.5, 0.6) is 5.75 Å². The third-order valence-electron chi connectivity index (χ3n) is 6.53. The molecule has 0 aliphatic heterocycles. The molecule has 0 aliphatic rings. The van der Waals surface area contributed by atoms with Gasteiger partial charge in [0.1, 0.15) is 12.4 Å². The zero-order chi connectivity index (χ0) is 29.0. The van der Waals surface area contributed by atoms with Gasteiger partial charge in [-0.1, -0.05) is 60.7 Å². The van der Waals surface area contributed by atoms with Gasteiger partial charge in [0.2, 0.25) is 0 Å². The first-order chi connectivity index (χ1) is 19.9. The first-order valence-electron chi connectivity index (χ1n) is 13.6. The molecule has 0 spiro atoms. The van der Waals surface area contributed by atoms with E-state index >= 15 is 0 Å². The van der Waals surface area contributed by atoms with Crippen LogP contribution in [0.15, 0.2) is 103 Å². The summed E-state index contributed by atoms with van der Waals surface area (Å²) in [6, 6.07) is 31.1. The highest BCUT2D eigenvalue weighted by atomic mass is 16.5. The molecular weight excluding hydrogens is 514 g/mol. The lowest BCUT2D eigenvalue weighted by atomic mass is 10.00. The molecule has 0 saturated carbocycles. The second kappa shape index (κ2) is 14.5. The number of ether oxygens (including phenoxy) is 1. The normalized spacial score (nSPS) is 11.5. The summed E-state index contributed by atoms with van der Waals surface area (Å²) in [4.78, 5) is 27.9. The van der Waals surface area contributed by atoms with E-state index in [-0.39, 0.29) is 18.0 Å². The topological polar surface area (TPSA) is 109 Å². The van der Waals surface area contributed by atoms with Crippen LogP contribution in [0.4, 0.5) is 21.9 Å². The van der Waals surface area contributed by atoms with Crippen LogP contribution >= 0.6 is 0 Å². The molecule has 0 fully saturated rings. The van der Waals surface area contributed by atoms with Gasteiger partial charge in [0.05, 0.1) is 17.4 Å². The molecule has 3 amide bonds. The van der Waals surface area contributed by atoms with Gasteiger partial charge < -0.3 is 31.3 Å². The molecular formula is C33H37N5O3. The fourth-order valence-corrected chi connectivity index (χ4v) is 4.34. The molecule has 41 heavy (non-hydrogen) atoms. The highest BCUT2D eigenvalue weighted by molar-refractivity contribution is 6.05. The smallest absolute Gasteiger partial charge is 0.319 e. The average Bonchev–Trinajstić information content (AvgIpc) is 2.97. The number of nitrogens with zero attached hydrogens (tertiary/aromatic N) is 1. The van der Waals surface area contributed by atoms with Crippen LogP contribution in [-0.4, -0.2) is 37.5 Å². The lowest BCUT2D eigenvalue weighted by Crippen LogP contribution is -2.33. The number of urea groups is 1. The van der Waals surface area contributed by atoms with Crippen molar-refractivity contribution in [1.29, 1.82) is 0 Å². The number of carbonyl (C=O) groups is 2. The zero-order valence-electron chi connectivity index (χ0n) is 23.5. The fraction of sp³-hybridized carbons (Fsp3) is 0.212. The fourth-order valence-electron chi connectivity index (χ4n) is 4.34. The van der Waals surface area contributed by atoms with E-state index in [0.717, 1.165) is 30.5 Å². The number of hydrogen-bond acceptors (Lipinski definition) is 5. The lowest BCUT2D eigenvalue weighted by molar-refractivity contribution is 0.102. The van der Waals surface area contributed by atoms with Gasteiger partial charge in [-0.05, 0) is 81.0 Å². The van der Waals surface area contributed by atoms with E-state index < -0.39 is 0 Å². The minimum atomic E-state index is -0.318. The van der Waals surface area contributed by atoms with Crippen molar-refractivity contribution in [3.63, 3.8) is 0 Å². The first kappa shape index (κ1) is 29.2. The lowest BCUT2D eigenvalue weighted by Gasteiger charge is -2.21. The minimum Gasteiger partial charge on any atom is -0.489 e. The second-order valence-electron chi connectivity index (χ2n) is 10.1. The number of nitrogens with two attached hydrogens (primary N) is 1. The van der Waals surface area contributed by atoms with E-state index in [2.05, 4.69) is 20.9 Å². The van der Waals surface area contributed by atoms with Crippen molar-refractivity contribution in [2.45, 2.75) is 25.5 Å². The maximum absolute atomic E-state index is 13.0. The van der Waals surface area contributed by atoms with Crippen LogP contribution in [0, 0.1) is 0 Å². The Labute approximate surface area is 241 Å². The summed E-state index contributed by atoms with van der Waals surface area (Å²) in [6.07, 6.45) is 1.62. The number of nitrogens with one attached hydrogen (secondary N) is 3. The molecule has 1 atom stereocenters. The van der Waals surface area contributed by atoms with Crippen molar-refractivity contribution in [3.8, 4) is 5.75 Å². The summed E-state index contributed by atoms with van der Waals surface area (Å²) in [6.45, 7) is 1.33. The van der Waals surface area contributed by atoms with Gasteiger partial charge in [-0.15, -0.1) is 0 Å². The number of carbonyl (C=O) groups excluding carboxylic acids is 2. The summed E-state index contributed by atoms with van der Waals surface area (Å²) < 4.78 is 5.90. The van der Waals surface area contributed by atoms with E-state index in [0.29, 0.717) is 35.0 Å². The summed E-state index contributed by atoms with van der Waals surface area (Å²) in [5, 5.41) is 8.87. The third-order valence-corrected chi connectivity index (χ3v) is 6.53. The molecule has 4 aromatic rings. The van der Waals surface area contributed by atoms with Crippen molar-refractivity contribution in [1.82, 2.24) is 10.2 Å². The number of para-hydroxylation sites is 2. The predicted octanol–water partition coefficient (Wildman–Crippen LogP) is 6.30. The highest BCUT2D eigenvalue weighted by Gasteiger charge is 2.16. The van der Waals surface area contributed by atoms with Gasteiger partial charge in [-0.25, -0.2) is 4.79 Å². The average molecular weight is 552 g/mol. The third kappa shape index (κ3) is 9.12. The Morgan fingerprint density at radius 2 is 1.59 bits per heavy atom. The Hall–Kier alpha value is -4.82. The maximum Gasteiger partial charge on any atom is 0.319 e. The van der Waals surface area contributed by atoms with Crippen molar-refractivity contribution >= 4 is 29.0 Å². The van der Waals surface area contributed by atoms with Crippen molar-refractivity contribution in [3.05, 3.63) is 120 Å². The van der Waals surface area contributed by atoms with Gasteiger partial charge >= 0.3 is 6.03 Å². The summed E-state index contributed by atoms with van der Waals surface area (Å²) in [5.74, 6) is 0.416. The number of nitrogen functional groups attached to an aromatic ring is 1. The van der Waals surface area contributed by atoms with E-state index in [1.807, 2.05) is 86.9 Å². The van der Waals surface area contributed by atoms with E-state index in [1.165, 1.54) is 0 Å². The van der Waals surface area contributed by atoms with Crippen LogP contribution in [0.2, 0.25) is 0 Å².